The standard InChI is InChI=1S/C35H50FN5O5/c1-7-31(43)38-33(35(45)41-16-14-40(6)15-17-41)23(5)25-12-13-29(28(36)18-25)37-34(44)26(24-10-8-22(4)9-11-24)19-30(42)27-20-46-39-32(27)21(2)3/h12-13,18,20-24,26,33H,7-11,14-17,19H2,1-6H3,(H,37,44)(H,38,43)/t22?,23-,24?,26-,33+/m0/s1. The highest BCUT2D eigenvalue weighted by molar-refractivity contribution is 6.01. The molecule has 0 radical (unpaired) electrons. The van der Waals surface area contributed by atoms with Crippen molar-refractivity contribution in [1.82, 2.24) is 20.3 Å². The van der Waals surface area contributed by atoms with Gasteiger partial charge in [0.2, 0.25) is 17.7 Å². The molecule has 4 rings (SSSR count). The quantitative estimate of drug-likeness (QED) is 0.300. The molecule has 0 unspecified atom stereocenters. The van der Waals surface area contributed by atoms with E-state index in [2.05, 4.69) is 27.6 Å². The lowest BCUT2D eigenvalue weighted by Crippen LogP contribution is -2.55. The van der Waals surface area contributed by atoms with Crippen molar-refractivity contribution in [1.29, 1.82) is 0 Å². The first-order chi connectivity index (χ1) is 21.9. The number of likely N-dealkylation sites (N-methyl/N-ethyl adjacent to an activating group) is 1. The molecule has 0 spiro atoms. The van der Waals surface area contributed by atoms with Gasteiger partial charge in [-0.1, -0.05) is 58.7 Å². The molecule has 3 amide bonds. The van der Waals surface area contributed by atoms with E-state index in [9.17, 15) is 19.2 Å². The Labute approximate surface area is 271 Å². The highest BCUT2D eigenvalue weighted by Gasteiger charge is 2.36. The zero-order valence-corrected chi connectivity index (χ0v) is 28.1. The van der Waals surface area contributed by atoms with E-state index in [0.717, 1.165) is 38.8 Å². The fourth-order valence-electron chi connectivity index (χ4n) is 6.58. The van der Waals surface area contributed by atoms with Gasteiger partial charge in [0.25, 0.3) is 0 Å². The summed E-state index contributed by atoms with van der Waals surface area (Å²) < 4.78 is 20.8. The Kier molecular flexibility index (Phi) is 12.1. The lowest BCUT2D eigenvalue weighted by Gasteiger charge is -2.36. The number of benzene rings is 1. The van der Waals surface area contributed by atoms with Crippen molar-refractivity contribution in [3.8, 4) is 0 Å². The number of hydrogen-bond acceptors (Lipinski definition) is 7. The number of anilines is 1. The molecule has 0 bridgehead atoms. The molecule has 1 aliphatic heterocycles. The lowest BCUT2D eigenvalue weighted by molar-refractivity contribution is -0.138. The fourth-order valence-corrected chi connectivity index (χ4v) is 6.58. The van der Waals surface area contributed by atoms with Gasteiger partial charge >= 0.3 is 0 Å². The van der Waals surface area contributed by atoms with E-state index < -0.39 is 29.6 Å². The minimum atomic E-state index is -0.854. The molecule has 1 aromatic heterocycles. The minimum Gasteiger partial charge on any atom is -0.364 e. The maximum atomic E-state index is 15.7. The van der Waals surface area contributed by atoms with E-state index in [0.29, 0.717) is 35.8 Å². The molecular formula is C35H50FN5O5. The third-order valence-corrected chi connectivity index (χ3v) is 9.81. The molecule has 1 aliphatic carbocycles. The first kappa shape index (κ1) is 35.3. The molecule has 2 aliphatic rings. The van der Waals surface area contributed by atoms with Crippen molar-refractivity contribution in [2.45, 2.75) is 91.0 Å². The summed E-state index contributed by atoms with van der Waals surface area (Å²) in [5.41, 5.74) is 1.49. The summed E-state index contributed by atoms with van der Waals surface area (Å²) in [6, 6.07) is 3.64. The summed E-state index contributed by atoms with van der Waals surface area (Å²) in [7, 11) is 2.00. The monoisotopic (exact) mass is 639 g/mol. The second kappa shape index (κ2) is 15.8. The van der Waals surface area contributed by atoms with Crippen LogP contribution >= 0.6 is 0 Å². The third-order valence-electron chi connectivity index (χ3n) is 9.81. The van der Waals surface area contributed by atoms with Crippen LogP contribution in [0, 0.1) is 23.6 Å². The first-order valence-corrected chi connectivity index (χ1v) is 16.7. The average molecular weight is 640 g/mol. The largest absolute Gasteiger partial charge is 0.364 e. The SMILES string of the molecule is CCC(=O)N[C@@H](C(=O)N1CCN(C)CC1)[C@@H](C)c1ccc(NC(=O)[C@@H](CC(=O)c2conc2C(C)C)C2CCC(C)CC2)c(F)c1. The summed E-state index contributed by atoms with van der Waals surface area (Å²) in [6.07, 6.45) is 5.12. The van der Waals surface area contributed by atoms with Gasteiger partial charge in [-0.25, -0.2) is 4.39 Å². The van der Waals surface area contributed by atoms with Crippen LogP contribution in [0.5, 0.6) is 0 Å². The van der Waals surface area contributed by atoms with Crippen molar-refractivity contribution in [3.05, 3.63) is 47.1 Å². The van der Waals surface area contributed by atoms with Crippen LogP contribution in [0.4, 0.5) is 10.1 Å². The summed E-state index contributed by atoms with van der Waals surface area (Å²) in [6.45, 7) is 12.1. The van der Waals surface area contributed by atoms with Crippen LogP contribution < -0.4 is 10.6 Å². The maximum Gasteiger partial charge on any atom is 0.245 e. The highest BCUT2D eigenvalue weighted by Crippen LogP contribution is 2.37. The molecule has 1 saturated heterocycles. The molecule has 2 aromatic rings. The van der Waals surface area contributed by atoms with Crippen molar-refractivity contribution < 1.29 is 28.1 Å². The molecule has 2 N–H and O–H groups in total. The molecule has 10 nitrogen and oxygen atoms in total. The summed E-state index contributed by atoms with van der Waals surface area (Å²) in [5.74, 6) is -2.31. The molecule has 46 heavy (non-hydrogen) atoms. The van der Waals surface area contributed by atoms with Crippen molar-refractivity contribution in [2.24, 2.45) is 17.8 Å². The number of ketones is 1. The van der Waals surface area contributed by atoms with Crippen LogP contribution in [0.1, 0.15) is 107 Å². The Balaban J connectivity index is 1.52. The summed E-state index contributed by atoms with van der Waals surface area (Å²) in [4.78, 5) is 57.0. The molecule has 1 saturated carbocycles. The summed E-state index contributed by atoms with van der Waals surface area (Å²) in [5, 5.41) is 9.61. The topological polar surface area (TPSA) is 125 Å². The number of rotatable bonds is 12. The van der Waals surface area contributed by atoms with Crippen LogP contribution in [0.2, 0.25) is 0 Å². The number of nitrogens with one attached hydrogen (secondary N) is 2. The first-order valence-electron chi connectivity index (χ1n) is 16.7. The Morgan fingerprint density at radius 1 is 1.04 bits per heavy atom. The fraction of sp³-hybridized carbons (Fsp3) is 0.629. The Morgan fingerprint density at radius 3 is 2.33 bits per heavy atom. The molecule has 3 atom stereocenters. The van der Waals surface area contributed by atoms with E-state index >= 15 is 4.39 Å². The highest BCUT2D eigenvalue weighted by atomic mass is 19.1. The molecule has 1 aromatic carbocycles. The van der Waals surface area contributed by atoms with Crippen LogP contribution in [0.3, 0.4) is 0 Å². The van der Waals surface area contributed by atoms with Crippen molar-refractivity contribution in [2.75, 3.05) is 38.5 Å². The zero-order valence-electron chi connectivity index (χ0n) is 28.1. The van der Waals surface area contributed by atoms with Gasteiger partial charge in [0.1, 0.15) is 18.1 Å². The summed E-state index contributed by atoms with van der Waals surface area (Å²) >= 11 is 0. The number of carbonyl (C=O) groups excluding carboxylic acids is 4. The second-order valence-corrected chi connectivity index (χ2v) is 13.6. The molecular weight excluding hydrogens is 589 g/mol. The van der Waals surface area contributed by atoms with Crippen LogP contribution in [0.15, 0.2) is 29.0 Å². The number of halogens is 1. The molecule has 2 heterocycles. The van der Waals surface area contributed by atoms with Gasteiger partial charge in [0.05, 0.1) is 16.9 Å². The number of nitrogens with zero attached hydrogens (tertiary/aromatic N) is 3. The maximum absolute atomic E-state index is 15.7. The normalized spacial score (nSPS) is 21.0. The van der Waals surface area contributed by atoms with E-state index in [-0.39, 0.29) is 48.0 Å². The van der Waals surface area contributed by atoms with Gasteiger partial charge in [-0.15, -0.1) is 0 Å². The van der Waals surface area contributed by atoms with E-state index in [1.807, 2.05) is 20.9 Å². The number of piperazine rings is 1. The Hall–Kier alpha value is -3.60. The van der Waals surface area contributed by atoms with Gasteiger partial charge in [0, 0.05) is 50.9 Å². The van der Waals surface area contributed by atoms with Crippen LogP contribution in [-0.2, 0) is 14.4 Å². The van der Waals surface area contributed by atoms with Crippen molar-refractivity contribution >= 4 is 29.2 Å². The Morgan fingerprint density at radius 2 is 1.72 bits per heavy atom. The minimum absolute atomic E-state index is 0.00612. The molecule has 252 valence electrons. The number of amides is 3. The van der Waals surface area contributed by atoms with Gasteiger partial charge in [-0.2, -0.15) is 0 Å². The van der Waals surface area contributed by atoms with Gasteiger partial charge in [0.15, 0.2) is 5.78 Å². The van der Waals surface area contributed by atoms with Crippen molar-refractivity contribution in [3.63, 3.8) is 0 Å². The van der Waals surface area contributed by atoms with E-state index in [1.165, 1.54) is 18.4 Å². The smallest absolute Gasteiger partial charge is 0.245 e. The van der Waals surface area contributed by atoms with Gasteiger partial charge in [-0.05, 0) is 55.3 Å². The molecule has 2 fully saturated rings. The van der Waals surface area contributed by atoms with Crippen LogP contribution in [-0.4, -0.2) is 77.7 Å². The predicted octanol–water partition coefficient (Wildman–Crippen LogP) is 5.36. The van der Waals surface area contributed by atoms with Crippen LogP contribution in [0.25, 0.3) is 0 Å². The zero-order chi connectivity index (χ0) is 33.5. The molecule has 11 heteroatoms. The second-order valence-electron chi connectivity index (χ2n) is 13.6. The predicted molar refractivity (Wildman–Crippen MR) is 174 cm³/mol. The third kappa shape index (κ3) is 8.60. The number of aromatic nitrogens is 1. The number of hydrogen-bond donors (Lipinski definition) is 2. The van der Waals surface area contributed by atoms with E-state index in [4.69, 9.17) is 4.52 Å². The number of Topliss-reactive ketones (excluding diaryl/α,β-unsaturated/α-hetero) is 1. The van der Waals surface area contributed by atoms with E-state index in [1.54, 1.807) is 24.8 Å². The van der Waals surface area contributed by atoms with Gasteiger partial charge in [-0.3, -0.25) is 19.2 Å². The number of carbonyl (C=O) groups is 4. The lowest BCUT2D eigenvalue weighted by atomic mass is 9.74. The van der Waals surface area contributed by atoms with Gasteiger partial charge < -0.3 is 25.0 Å². The average Bonchev–Trinajstić information content (AvgIpc) is 3.54. The Bertz CT molecular complexity index is 1380.